The van der Waals surface area contributed by atoms with Crippen molar-refractivity contribution in [1.29, 1.82) is 0 Å². The third-order valence-corrected chi connectivity index (χ3v) is 6.90. The number of rotatable bonds is 4. The van der Waals surface area contributed by atoms with Crippen LogP contribution in [0.25, 0.3) is 0 Å². The molecule has 2 fully saturated rings. The van der Waals surface area contributed by atoms with E-state index in [9.17, 15) is 5.11 Å². The summed E-state index contributed by atoms with van der Waals surface area (Å²) in [6.07, 6.45) is 7.96. The van der Waals surface area contributed by atoms with Crippen LogP contribution in [0.15, 0.2) is 18.2 Å². The van der Waals surface area contributed by atoms with Gasteiger partial charge in [0.1, 0.15) is 5.75 Å². The van der Waals surface area contributed by atoms with E-state index in [2.05, 4.69) is 32.9 Å². The average Bonchev–Trinajstić information content (AvgIpc) is 2.93. The molecule has 1 N–H and O–H groups in total. The molecule has 3 rings (SSSR count). The minimum Gasteiger partial charge on any atom is -0.507 e. The number of fused-ring (bicyclic) bond motifs is 2. The predicted octanol–water partition coefficient (Wildman–Crippen LogP) is 5.49. The highest BCUT2D eigenvalue weighted by Gasteiger charge is 2.57. The van der Waals surface area contributed by atoms with Crippen LogP contribution in [-0.4, -0.2) is 5.11 Å². The first-order valence-electron chi connectivity index (χ1n) is 8.64. The van der Waals surface area contributed by atoms with Gasteiger partial charge in [-0.1, -0.05) is 39.0 Å². The number of hydrogen-bond donors (Lipinski definition) is 1. The third kappa shape index (κ3) is 2.39. The fraction of sp³-hybridized carbons (Fsp3) is 0.700. The molecule has 0 saturated heterocycles. The number of aryl methyl sites for hydroxylation is 2. The van der Waals surface area contributed by atoms with Crippen LogP contribution in [0.1, 0.15) is 64.0 Å². The molecule has 1 heteroatoms. The average molecular weight is 286 g/mol. The van der Waals surface area contributed by atoms with Gasteiger partial charge < -0.3 is 5.11 Å². The van der Waals surface area contributed by atoms with Crippen molar-refractivity contribution in [1.82, 2.24) is 0 Å². The summed E-state index contributed by atoms with van der Waals surface area (Å²) in [6.45, 7) is 9.34. The summed E-state index contributed by atoms with van der Waals surface area (Å²) >= 11 is 0. The highest BCUT2D eigenvalue weighted by atomic mass is 16.3. The van der Waals surface area contributed by atoms with Crippen molar-refractivity contribution in [2.24, 2.45) is 22.7 Å². The first kappa shape index (κ1) is 14.9. The maximum absolute atomic E-state index is 10.2. The molecule has 1 aromatic rings. The van der Waals surface area contributed by atoms with E-state index in [0.29, 0.717) is 16.6 Å². The lowest BCUT2D eigenvalue weighted by atomic mass is 9.69. The summed E-state index contributed by atoms with van der Waals surface area (Å²) in [5, 5.41) is 10.2. The molecule has 2 aliphatic rings. The predicted molar refractivity (Wildman–Crippen MR) is 88.5 cm³/mol. The van der Waals surface area contributed by atoms with Crippen LogP contribution in [0.2, 0.25) is 0 Å². The molecular formula is C20H30O. The summed E-state index contributed by atoms with van der Waals surface area (Å²) < 4.78 is 0. The highest BCUT2D eigenvalue weighted by molar-refractivity contribution is 5.39. The molecule has 2 saturated carbocycles. The second-order valence-corrected chi connectivity index (χ2v) is 8.37. The van der Waals surface area contributed by atoms with Gasteiger partial charge >= 0.3 is 0 Å². The van der Waals surface area contributed by atoms with E-state index in [0.717, 1.165) is 29.4 Å². The minimum atomic E-state index is 0.518. The van der Waals surface area contributed by atoms with Gasteiger partial charge in [0, 0.05) is 0 Å². The standard InChI is InChI=1S/C20H30O/c1-14(2)20-11-10-19(4,13-20)17(12-20)9-8-16-7-5-6-15(3)18(16)21/h5-7,14,17,21H,8-13H2,1-4H3. The molecule has 0 aromatic heterocycles. The molecule has 116 valence electrons. The number of hydrogen-bond acceptors (Lipinski definition) is 1. The van der Waals surface area contributed by atoms with Crippen LogP contribution in [0.3, 0.4) is 0 Å². The van der Waals surface area contributed by atoms with Crippen molar-refractivity contribution in [3.63, 3.8) is 0 Å². The highest BCUT2D eigenvalue weighted by Crippen LogP contribution is 2.67. The molecule has 0 aliphatic heterocycles. The Morgan fingerprint density at radius 3 is 2.71 bits per heavy atom. The van der Waals surface area contributed by atoms with Crippen molar-refractivity contribution < 1.29 is 5.11 Å². The first-order chi connectivity index (χ1) is 9.86. The van der Waals surface area contributed by atoms with Gasteiger partial charge in [0.05, 0.1) is 0 Å². The SMILES string of the molecule is Cc1cccc(CCC2CC3(C(C)C)CCC2(C)C3)c1O. The number of phenolic OH excluding ortho intramolecular Hbond substituents is 1. The zero-order valence-electron chi connectivity index (χ0n) is 14.1. The van der Waals surface area contributed by atoms with E-state index in [1.165, 1.54) is 32.1 Å². The van der Waals surface area contributed by atoms with Gasteiger partial charge in [-0.05, 0) is 79.2 Å². The Bertz CT molecular complexity index is 533. The normalized spacial score (nSPS) is 34.8. The van der Waals surface area contributed by atoms with Gasteiger partial charge in [-0.2, -0.15) is 0 Å². The zero-order chi connectivity index (χ0) is 15.3. The van der Waals surface area contributed by atoms with Crippen molar-refractivity contribution in [2.75, 3.05) is 0 Å². The van der Waals surface area contributed by atoms with E-state index in [1.54, 1.807) is 0 Å². The summed E-state index contributed by atoms with van der Waals surface area (Å²) in [7, 11) is 0. The van der Waals surface area contributed by atoms with E-state index >= 15 is 0 Å². The van der Waals surface area contributed by atoms with Crippen molar-refractivity contribution in [3.05, 3.63) is 29.3 Å². The lowest BCUT2D eigenvalue weighted by molar-refractivity contribution is 0.149. The Labute approximate surface area is 129 Å². The van der Waals surface area contributed by atoms with Gasteiger partial charge in [-0.3, -0.25) is 0 Å². The lowest BCUT2D eigenvalue weighted by Gasteiger charge is -2.36. The zero-order valence-corrected chi connectivity index (χ0v) is 14.1. The Morgan fingerprint density at radius 2 is 2.05 bits per heavy atom. The topological polar surface area (TPSA) is 20.2 Å². The third-order valence-electron chi connectivity index (χ3n) is 6.90. The van der Waals surface area contributed by atoms with Crippen molar-refractivity contribution >= 4 is 0 Å². The Balaban J connectivity index is 1.71. The summed E-state index contributed by atoms with van der Waals surface area (Å²) in [4.78, 5) is 0. The molecule has 3 atom stereocenters. The van der Waals surface area contributed by atoms with Crippen LogP contribution >= 0.6 is 0 Å². The largest absolute Gasteiger partial charge is 0.507 e. The molecule has 0 heterocycles. The molecule has 0 radical (unpaired) electrons. The number of para-hydroxylation sites is 1. The summed E-state index contributed by atoms with van der Waals surface area (Å²) in [5.41, 5.74) is 3.32. The van der Waals surface area contributed by atoms with Crippen LogP contribution in [0, 0.1) is 29.6 Å². The molecule has 0 amide bonds. The second-order valence-electron chi connectivity index (χ2n) is 8.37. The molecule has 3 unspecified atom stereocenters. The van der Waals surface area contributed by atoms with Crippen molar-refractivity contribution in [2.45, 2.75) is 66.2 Å². The molecule has 0 spiro atoms. The van der Waals surface area contributed by atoms with E-state index in [1.807, 2.05) is 13.0 Å². The fourth-order valence-corrected chi connectivity index (χ4v) is 5.21. The Hall–Kier alpha value is -0.980. The van der Waals surface area contributed by atoms with Crippen LogP contribution in [0.4, 0.5) is 0 Å². The Morgan fingerprint density at radius 1 is 1.29 bits per heavy atom. The van der Waals surface area contributed by atoms with E-state index in [4.69, 9.17) is 0 Å². The monoisotopic (exact) mass is 286 g/mol. The van der Waals surface area contributed by atoms with Gasteiger partial charge in [0.2, 0.25) is 0 Å². The summed E-state index contributed by atoms with van der Waals surface area (Å²) in [5.74, 6) is 2.18. The van der Waals surface area contributed by atoms with Crippen molar-refractivity contribution in [3.8, 4) is 5.75 Å². The molecule has 2 aliphatic carbocycles. The maximum Gasteiger partial charge on any atom is 0.121 e. The maximum atomic E-state index is 10.2. The molecule has 2 bridgehead atoms. The number of phenols is 1. The molecule has 21 heavy (non-hydrogen) atoms. The Kier molecular flexibility index (Phi) is 3.58. The number of aromatic hydroxyl groups is 1. The van der Waals surface area contributed by atoms with E-state index in [-0.39, 0.29) is 0 Å². The summed E-state index contributed by atoms with van der Waals surface area (Å²) in [6, 6.07) is 6.16. The quantitative estimate of drug-likeness (QED) is 0.776. The van der Waals surface area contributed by atoms with Gasteiger partial charge in [-0.25, -0.2) is 0 Å². The van der Waals surface area contributed by atoms with Crippen LogP contribution < -0.4 is 0 Å². The molecule has 1 nitrogen and oxygen atoms in total. The van der Waals surface area contributed by atoms with E-state index < -0.39 is 0 Å². The lowest BCUT2D eigenvalue weighted by Crippen LogP contribution is -2.26. The second kappa shape index (κ2) is 5.04. The number of benzene rings is 1. The smallest absolute Gasteiger partial charge is 0.121 e. The van der Waals surface area contributed by atoms with Crippen LogP contribution in [-0.2, 0) is 6.42 Å². The van der Waals surface area contributed by atoms with Gasteiger partial charge in [0.15, 0.2) is 0 Å². The molecule has 1 aromatic carbocycles. The minimum absolute atomic E-state index is 0.518. The molecular weight excluding hydrogens is 256 g/mol. The van der Waals surface area contributed by atoms with Gasteiger partial charge in [0.25, 0.3) is 0 Å². The first-order valence-corrected chi connectivity index (χ1v) is 8.64. The fourth-order valence-electron chi connectivity index (χ4n) is 5.21. The van der Waals surface area contributed by atoms with Crippen LogP contribution in [0.5, 0.6) is 5.75 Å². The van der Waals surface area contributed by atoms with Gasteiger partial charge in [-0.15, -0.1) is 0 Å².